The van der Waals surface area contributed by atoms with Gasteiger partial charge in [-0.05, 0) is 32.7 Å². The molecule has 1 saturated heterocycles. The van der Waals surface area contributed by atoms with Crippen LogP contribution in [0.25, 0.3) is 0 Å². The number of hydrogen-bond acceptors (Lipinski definition) is 1. The lowest BCUT2D eigenvalue weighted by Gasteiger charge is -2.42. The van der Waals surface area contributed by atoms with Crippen LogP contribution in [-0.4, -0.2) is 61.6 Å². The monoisotopic (exact) mass is 187 g/mol. The SMILES string of the molecule is BC1C(B)C(B)(B)C(B)N1C(C)(C)C. The van der Waals surface area contributed by atoms with Crippen molar-refractivity contribution in [2.24, 2.45) is 0 Å². The average molecular weight is 186 g/mol. The minimum atomic E-state index is 0.293. The van der Waals surface area contributed by atoms with E-state index in [-0.39, 0.29) is 0 Å². The quantitative estimate of drug-likeness (QED) is 0.361. The Kier molecular flexibility index (Phi) is 3.00. The highest BCUT2D eigenvalue weighted by atomic mass is 15.3. The van der Waals surface area contributed by atoms with Crippen molar-refractivity contribution >= 4 is 39.2 Å². The zero-order chi connectivity index (χ0) is 11.3. The maximum atomic E-state index is 2.68. The van der Waals surface area contributed by atoms with Crippen molar-refractivity contribution in [2.45, 2.75) is 49.2 Å². The molecule has 0 amide bonds. The fourth-order valence-electron chi connectivity index (χ4n) is 3.15. The predicted molar refractivity (Wildman–Crippen MR) is 78.3 cm³/mol. The van der Waals surface area contributed by atoms with Crippen LogP contribution in [0, 0.1) is 0 Å². The third-order valence-electron chi connectivity index (χ3n) is 4.60. The second-order valence-electron chi connectivity index (χ2n) is 6.60. The van der Waals surface area contributed by atoms with Crippen LogP contribution in [0.15, 0.2) is 0 Å². The number of hydrogen-bond donors (Lipinski definition) is 0. The molecular weight excluding hydrogens is 164 g/mol. The van der Waals surface area contributed by atoms with Crippen LogP contribution in [0.4, 0.5) is 0 Å². The summed E-state index contributed by atoms with van der Waals surface area (Å²) in [6.45, 7) is 6.98. The molecule has 0 aromatic carbocycles. The Hall–Kier alpha value is 0.285. The molecule has 0 N–H and O–H groups in total. The topological polar surface area (TPSA) is 3.24 Å². The van der Waals surface area contributed by atoms with Crippen LogP contribution < -0.4 is 0 Å². The van der Waals surface area contributed by atoms with E-state index in [1.54, 1.807) is 0 Å². The van der Waals surface area contributed by atoms with Gasteiger partial charge in [-0.2, -0.15) is 0 Å². The van der Waals surface area contributed by atoms with E-state index >= 15 is 0 Å². The molecule has 0 aromatic rings. The summed E-state index contributed by atoms with van der Waals surface area (Å²) < 4.78 is 0. The Labute approximate surface area is 93.8 Å². The maximum absolute atomic E-state index is 2.68. The lowest BCUT2D eigenvalue weighted by atomic mass is 9.38. The van der Waals surface area contributed by atoms with Gasteiger partial charge in [-0.15, -0.1) is 0 Å². The van der Waals surface area contributed by atoms with Crippen LogP contribution in [0.2, 0.25) is 11.0 Å². The van der Waals surface area contributed by atoms with Gasteiger partial charge < -0.3 is 4.90 Å². The molecule has 0 bridgehead atoms. The number of rotatable bonds is 0. The molecule has 3 unspecified atom stereocenters. The summed E-state index contributed by atoms with van der Waals surface area (Å²) in [7, 11) is 12.0. The molecule has 1 fully saturated rings. The fourth-order valence-corrected chi connectivity index (χ4v) is 3.15. The van der Waals surface area contributed by atoms with Gasteiger partial charge in [0.25, 0.3) is 0 Å². The van der Waals surface area contributed by atoms with Gasteiger partial charge in [0.2, 0.25) is 0 Å². The van der Waals surface area contributed by atoms with Gasteiger partial charge >= 0.3 is 0 Å². The second-order valence-corrected chi connectivity index (χ2v) is 6.60. The Balaban J connectivity index is 3.02. The van der Waals surface area contributed by atoms with Crippen molar-refractivity contribution in [2.75, 3.05) is 0 Å². The Morgan fingerprint density at radius 2 is 1.50 bits per heavy atom. The Bertz CT molecular complexity index is 224. The summed E-state index contributed by atoms with van der Waals surface area (Å²) in [6, 6.07) is 0. The van der Waals surface area contributed by atoms with Crippen LogP contribution in [0.3, 0.4) is 0 Å². The molecule has 0 radical (unpaired) electrons. The Morgan fingerprint density at radius 3 is 1.64 bits per heavy atom. The zero-order valence-corrected chi connectivity index (χ0v) is 11.2. The van der Waals surface area contributed by atoms with E-state index in [4.69, 9.17) is 0 Å². The van der Waals surface area contributed by atoms with Crippen molar-refractivity contribution in [1.29, 1.82) is 0 Å². The van der Waals surface area contributed by atoms with Crippen LogP contribution in [0.5, 0.6) is 0 Å². The van der Waals surface area contributed by atoms with E-state index in [1.165, 1.54) is 0 Å². The van der Waals surface area contributed by atoms with Crippen LogP contribution in [0.1, 0.15) is 20.8 Å². The molecule has 74 valence electrons. The summed E-state index contributed by atoms with van der Waals surface area (Å²) >= 11 is 0. The Morgan fingerprint density at radius 1 is 1.07 bits per heavy atom. The first kappa shape index (κ1) is 12.4. The van der Waals surface area contributed by atoms with Crippen molar-refractivity contribution < 1.29 is 0 Å². The molecule has 1 aliphatic rings. The summed E-state index contributed by atoms with van der Waals surface area (Å²) in [6.07, 6.45) is 0. The summed E-state index contributed by atoms with van der Waals surface area (Å²) in [5.41, 5.74) is 0.293. The van der Waals surface area contributed by atoms with Gasteiger partial charge in [0.1, 0.15) is 23.5 Å². The molecule has 1 rings (SSSR count). The highest BCUT2D eigenvalue weighted by molar-refractivity contribution is 6.49. The normalized spacial score (nSPS) is 38.6. The van der Waals surface area contributed by atoms with Gasteiger partial charge in [-0.1, -0.05) is 11.0 Å². The van der Waals surface area contributed by atoms with E-state index in [0.29, 0.717) is 22.6 Å². The summed E-state index contributed by atoms with van der Waals surface area (Å²) in [5.74, 6) is 2.14. The zero-order valence-electron chi connectivity index (χ0n) is 11.2. The molecule has 0 saturated carbocycles. The molecule has 0 spiro atoms. The fraction of sp³-hybridized carbons (Fsp3) is 1.00. The van der Waals surface area contributed by atoms with Crippen LogP contribution >= 0.6 is 0 Å². The predicted octanol–water partition coefficient (Wildman–Crippen LogP) is -3.18. The maximum Gasteiger partial charge on any atom is 0.123 e. The molecule has 1 nitrogen and oxygen atoms in total. The summed E-state index contributed by atoms with van der Waals surface area (Å²) in [4.78, 5) is 2.68. The third kappa shape index (κ3) is 1.71. The highest BCUT2D eigenvalue weighted by Gasteiger charge is 2.49. The van der Waals surface area contributed by atoms with Gasteiger partial charge in [0, 0.05) is 5.54 Å². The van der Waals surface area contributed by atoms with Crippen LogP contribution in [-0.2, 0) is 0 Å². The number of likely N-dealkylation sites (tertiary alicyclic amines) is 1. The van der Waals surface area contributed by atoms with E-state index in [2.05, 4.69) is 64.9 Å². The lowest BCUT2D eigenvalue weighted by molar-refractivity contribution is 0.139. The third-order valence-corrected chi connectivity index (χ3v) is 4.60. The first-order chi connectivity index (χ1) is 6.10. The van der Waals surface area contributed by atoms with Gasteiger partial charge in [0.15, 0.2) is 0 Å². The molecular formula is C8H22B5N. The standard InChI is InChI=1S/C8H22B5N/c1-7(2,3)14-5(10)4(9)8(12,13)6(14)11/h4-6H,9-13H2,1-3H3. The lowest BCUT2D eigenvalue weighted by Crippen LogP contribution is -2.51. The number of nitrogens with zero attached hydrogens (tertiary/aromatic N) is 1. The molecule has 0 aliphatic carbocycles. The van der Waals surface area contributed by atoms with E-state index in [1.807, 2.05) is 0 Å². The first-order valence-electron chi connectivity index (χ1n) is 5.88. The molecule has 0 aromatic heterocycles. The average Bonchev–Trinajstić information content (AvgIpc) is 2.12. The molecule has 1 aliphatic heterocycles. The molecule has 6 heteroatoms. The largest absolute Gasteiger partial charge is 0.310 e. The molecule has 3 atom stereocenters. The van der Waals surface area contributed by atoms with Gasteiger partial charge in [-0.3, -0.25) is 0 Å². The molecule has 1 heterocycles. The minimum absolute atomic E-state index is 0.293. The highest BCUT2D eigenvalue weighted by Crippen LogP contribution is 2.49. The van der Waals surface area contributed by atoms with Crippen molar-refractivity contribution in [3.8, 4) is 0 Å². The van der Waals surface area contributed by atoms with E-state index < -0.39 is 0 Å². The second kappa shape index (κ2) is 3.40. The van der Waals surface area contributed by atoms with Crippen molar-refractivity contribution in [1.82, 2.24) is 4.90 Å². The van der Waals surface area contributed by atoms with Gasteiger partial charge in [0.05, 0.1) is 15.7 Å². The minimum Gasteiger partial charge on any atom is -0.310 e. The first-order valence-corrected chi connectivity index (χ1v) is 5.88. The van der Waals surface area contributed by atoms with E-state index in [9.17, 15) is 0 Å². The molecule has 14 heavy (non-hydrogen) atoms. The van der Waals surface area contributed by atoms with Gasteiger partial charge in [-0.25, -0.2) is 0 Å². The summed E-state index contributed by atoms with van der Waals surface area (Å²) in [5, 5.41) is 0.437. The van der Waals surface area contributed by atoms with Crippen molar-refractivity contribution in [3.05, 3.63) is 0 Å². The smallest absolute Gasteiger partial charge is 0.123 e. The van der Waals surface area contributed by atoms with Crippen molar-refractivity contribution in [3.63, 3.8) is 0 Å². The van der Waals surface area contributed by atoms with E-state index in [0.717, 1.165) is 5.82 Å².